The van der Waals surface area contributed by atoms with Crippen molar-refractivity contribution in [2.45, 2.75) is 18.7 Å². The number of fused-ring (bicyclic) bond motifs is 3. The van der Waals surface area contributed by atoms with Crippen LogP contribution in [0.3, 0.4) is 0 Å². The maximum absolute atomic E-state index is 6.51. The van der Waals surface area contributed by atoms with E-state index >= 15 is 0 Å². The Balaban J connectivity index is 1.63. The van der Waals surface area contributed by atoms with Crippen LogP contribution < -0.4 is 4.74 Å². The molecule has 2 aliphatic rings. The highest BCUT2D eigenvalue weighted by molar-refractivity contribution is 9.10. The first-order valence-electron chi connectivity index (χ1n) is 8.92. The third kappa shape index (κ3) is 3.10. The van der Waals surface area contributed by atoms with Gasteiger partial charge in [0.2, 0.25) is 6.23 Å². The molecule has 0 spiro atoms. The molecule has 0 unspecified atom stereocenters. The molecule has 0 bridgehead atoms. The molecule has 0 radical (unpaired) electrons. The molecule has 2 aliphatic heterocycles. The van der Waals surface area contributed by atoms with E-state index in [1.807, 2.05) is 47.5 Å². The van der Waals surface area contributed by atoms with Crippen LogP contribution in [-0.2, 0) is 0 Å². The van der Waals surface area contributed by atoms with Crippen molar-refractivity contribution in [2.24, 2.45) is 5.10 Å². The molecule has 2 heterocycles. The van der Waals surface area contributed by atoms with Crippen molar-refractivity contribution in [2.75, 3.05) is 0 Å². The molecule has 3 nitrogen and oxygen atoms in total. The number of benzene rings is 3. The van der Waals surface area contributed by atoms with Gasteiger partial charge in [-0.15, -0.1) is 0 Å². The number of hydrogen-bond acceptors (Lipinski definition) is 3. The fourth-order valence-electron chi connectivity index (χ4n) is 3.77. The maximum Gasteiger partial charge on any atom is 0.215 e. The number of hydrogen-bond donors (Lipinski definition) is 0. The van der Waals surface area contributed by atoms with Gasteiger partial charge >= 0.3 is 0 Å². The van der Waals surface area contributed by atoms with E-state index in [2.05, 4.69) is 34.1 Å². The van der Waals surface area contributed by atoms with Crippen molar-refractivity contribution in [3.05, 3.63) is 97.9 Å². The molecule has 5 rings (SSSR count). The zero-order valence-electron chi connectivity index (χ0n) is 14.6. The molecule has 2 atom stereocenters. The van der Waals surface area contributed by atoms with Gasteiger partial charge in [0.15, 0.2) is 0 Å². The topological polar surface area (TPSA) is 24.8 Å². The standard InChI is InChI=1S/C22H15BrCl2N2O/c23-14-6-9-21-17(10-14)20-12-19(13-4-2-1-3-5-13)26-27(20)22(28-21)16-8-7-15(24)11-18(16)25/h1-11,20,22H,12H2/t20-,22+/m0/s1. The van der Waals surface area contributed by atoms with Crippen LogP contribution in [0.2, 0.25) is 10.0 Å². The molecule has 28 heavy (non-hydrogen) atoms. The van der Waals surface area contributed by atoms with Crippen LogP contribution >= 0.6 is 39.1 Å². The lowest BCUT2D eigenvalue weighted by Crippen LogP contribution is -2.33. The molecule has 6 heteroatoms. The highest BCUT2D eigenvalue weighted by atomic mass is 79.9. The predicted molar refractivity (Wildman–Crippen MR) is 116 cm³/mol. The van der Waals surface area contributed by atoms with Crippen molar-refractivity contribution in [3.63, 3.8) is 0 Å². The number of halogens is 3. The largest absolute Gasteiger partial charge is 0.464 e. The minimum absolute atomic E-state index is 0.0770. The molecule has 140 valence electrons. The molecule has 0 fully saturated rings. The molecular weight excluding hydrogens is 459 g/mol. The Morgan fingerprint density at radius 3 is 2.57 bits per heavy atom. The lowest BCUT2D eigenvalue weighted by atomic mass is 9.96. The van der Waals surface area contributed by atoms with Gasteiger partial charge in [0.05, 0.1) is 16.8 Å². The Morgan fingerprint density at radius 1 is 0.964 bits per heavy atom. The van der Waals surface area contributed by atoms with Gasteiger partial charge < -0.3 is 4.74 Å². The van der Waals surface area contributed by atoms with Gasteiger partial charge in [0.25, 0.3) is 0 Å². The van der Waals surface area contributed by atoms with Gasteiger partial charge in [-0.1, -0.05) is 75.5 Å². The molecule has 3 aromatic carbocycles. The van der Waals surface area contributed by atoms with Gasteiger partial charge in [-0.25, -0.2) is 5.01 Å². The summed E-state index contributed by atoms with van der Waals surface area (Å²) in [5, 5.41) is 8.14. The van der Waals surface area contributed by atoms with Gasteiger partial charge in [-0.2, -0.15) is 5.10 Å². The first kappa shape index (κ1) is 18.0. The Hall–Kier alpha value is -2.01. The summed E-state index contributed by atoms with van der Waals surface area (Å²) in [5.41, 5.74) is 4.12. The summed E-state index contributed by atoms with van der Waals surface area (Å²) in [6, 6.07) is 21.9. The van der Waals surface area contributed by atoms with E-state index < -0.39 is 6.23 Å². The van der Waals surface area contributed by atoms with Crippen LogP contribution in [0.4, 0.5) is 0 Å². The number of ether oxygens (including phenoxy) is 1. The summed E-state index contributed by atoms with van der Waals surface area (Å²) < 4.78 is 7.38. The average molecular weight is 474 g/mol. The molecule has 0 aliphatic carbocycles. The number of hydrazone groups is 1. The summed E-state index contributed by atoms with van der Waals surface area (Å²) in [6.07, 6.45) is 0.392. The van der Waals surface area contributed by atoms with E-state index in [-0.39, 0.29) is 6.04 Å². The Morgan fingerprint density at radius 2 is 1.79 bits per heavy atom. The van der Waals surface area contributed by atoms with E-state index in [9.17, 15) is 0 Å². The molecule has 3 aromatic rings. The highest BCUT2D eigenvalue weighted by Gasteiger charge is 2.41. The van der Waals surface area contributed by atoms with Crippen LogP contribution in [0.15, 0.2) is 76.3 Å². The first-order valence-corrected chi connectivity index (χ1v) is 10.5. The number of rotatable bonds is 2. The summed E-state index contributed by atoms with van der Waals surface area (Å²) in [7, 11) is 0. The minimum Gasteiger partial charge on any atom is -0.464 e. The second-order valence-electron chi connectivity index (χ2n) is 6.83. The normalized spacial score (nSPS) is 20.2. The van der Waals surface area contributed by atoms with E-state index in [0.717, 1.165) is 39.0 Å². The second kappa shape index (κ2) is 7.11. The Kier molecular flexibility index (Phi) is 4.58. The van der Waals surface area contributed by atoms with Crippen molar-refractivity contribution >= 4 is 44.8 Å². The summed E-state index contributed by atoms with van der Waals surface area (Å²) in [5.74, 6) is 0.852. The zero-order valence-corrected chi connectivity index (χ0v) is 17.7. The van der Waals surface area contributed by atoms with Crippen LogP contribution in [0.1, 0.15) is 35.4 Å². The molecular formula is C22H15BrCl2N2O. The third-order valence-electron chi connectivity index (χ3n) is 5.09. The molecule has 0 amide bonds. The summed E-state index contributed by atoms with van der Waals surface area (Å²) in [4.78, 5) is 0. The molecule has 0 saturated carbocycles. The van der Waals surface area contributed by atoms with Crippen LogP contribution in [0, 0.1) is 0 Å². The van der Waals surface area contributed by atoms with E-state index in [1.54, 1.807) is 6.07 Å². The summed E-state index contributed by atoms with van der Waals surface area (Å²) in [6.45, 7) is 0. The smallest absolute Gasteiger partial charge is 0.215 e. The van der Waals surface area contributed by atoms with Gasteiger partial charge in [-0.05, 0) is 35.9 Å². The fraction of sp³-hybridized carbons (Fsp3) is 0.136. The maximum atomic E-state index is 6.51. The molecule has 0 N–H and O–H groups in total. The lowest BCUT2D eigenvalue weighted by molar-refractivity contribution is -0.0190. The SMILES string of the molecule is Clc1ccc([C@H]2Oc3ccc(Br)cc3[C@@H]3CC(c4ccccc4)=NN23)c(Cl)c1. The van der Waals surface area contributed by atoms with Crippen LogP contribution in [0.5, 0.6) is 5.75 Å². The quantitative estimate of drug-likeness (QED) is 0.400. The minimum atomic E-state index is -0.412. The van der Waals surface area contributed by atoms with Crippen LogP contribution in [0.25, 0.3) is 0 Å². The number of nitrogens with zero attached hydrogens (tertiary/aromatic N) is 2. The monoisotopic (exact) mass is 472 g/mol. The molecule has 0 saturated heterocycles. The van der Waals surface area contributed by atoms with Crippen molar-refractivity contribution < 1.29 is 4.74 Å². The van der Waals surface area contributed by atoms with Gasteiger partial charge in [0.1, 0.15) is 5.75 Å². The lowest BCUT2D eigenvalue weighted by Gasteiger charge is -2.38. The van der Waals surface area contributed by atoms with Gasteiger partial charge in [0, 0.05) is 27.0 Å². The first-order chi connectivity index (χ1) is 13.6. The van der Waals surface area contributed by atoms with E-state index in [1.165, 1.54) is 0 Å². The van der Waals surface area contributed by atoms with Crippen LogP contribution in [-0.4, -0.2) is 10.7 Å². The van der Waals surface area contributed by atoms with E-state index in [4.69, 9.17) is 33.0 Å². The third-order valence-corrected chi connectivity index (χ3v) is 6.14. The Bertz CT molecular complexity index is 1090. The predicted octanol–water partition coefficient (Wildman–Crippen LogP) is 7.00. The van der Waals surface area contributed by atoms with E-state index in [0.29, 0.717) is 10.0 Å². The van der Waals surface area contributed by atoms with Gasteiger partial charge in [-0.3, -0.25) is 0 Å². The van der Waals surface area contributed by atoms with Crippen molar-refractivity contribution in [1.29, 1.82) is 0 Å². The summed E-state index contributed by atoms with van der Waals surface area (Å²) >= 11 is 16.2. The Labute approximate surface area is 181 Å². The highest BCUT2D eigenvalue weighted by Crippen LogP contribution is 2.49. The van der Waals surface area contributed by atoms with Crippen molar-refractivity contribution in [3.8, 4) is 5.75 Å². The fourth-order valence-corrected chi connectivity index (χ4v) is 4.65. The average Bonchev–Trinajstić information content (AvgIpc) is 3.14. The second-order valence-corrected chi connectivity index (χ2v) is 8.59. The van der Waals surface area contributed by atoms with Crippen molar-refractivity contribution in [1.82, 2.24) is 5.01 Å². The zero-order chi connectivity index (χ0) is 19.3. The molecule has 0 aromatic heterocycles.